The summed E-state index contributed by atoms with van der Waals surface area (Å²) >= 11 is 0. The molecule has 0 amide bonds. The van der Waals surface area contributed by atoms with Crippen molar-refractivity contribution in [2.24, 2.45) is 0 Å². The molecular formula is C14H16N4O4. The lowest BCUT2D eigenvalue weighted by Crippen LogP contribution is -2.27. The average molecular weight is 304 g/mol. The lowest BCUT2D eigenvalue weighted by molar-refractivity contribution is -0.158. The number of hydrogen-bond donors (Lipinski definition) is 0. The summed E-state index contributed by atoms with van der Waals surface area (Å²) < 4.78 is 11.4. The second-order valence-electron chi connectivity index (χ2n) is 5.47. The summed E-state index contributed by atoms with van der Waals surface area (Å²) in [6.45, 7) is 4.78. The third kappa shape index (κ3) is 4.37. The van der Waals surface area contributed by atoms with Gasteiger partial charge in [-0.15, -0.1) is 5.10 Å². The van der Waals surface area contributed by atoms with Crippen LogP contribution in [0.4, 0.5) is 0 Å². The topological polar surface area (TPSA) is 96.2 Å². The van der Waals surface area contributed by atoms with Gasteiger partial charge in [0.05, 0.1) is 11.3 Å². The molecule has 0 atom stereocenters. The second-order valence-corrected chi connectivity index (χ2v) is 5.47. The number of hydrogen-bond acceptors (Lipinski definition) is 7. The van der Waals surface area contributed by atoms with E-state index in [0.29, 0.717) is 5.69 Å². The van der Waals surface area contributed by atoms with Crippen LogP contribution in [0.2, 0.25) is 0 Å². The number of aromatic nitrogens is 4. The first kappa shape index (κ1) is 15.6. The summed E-state index contributed by atoms with van der Waals surface area (Å²) in [5, 5.41) is 10.8. The Morgan fingerprint density at radius 3 is 2.68 bits per heavy atom. The Hall–Kier alpha value is -2.77. The van der Waals surface area contributed by atoms with Crippen molar-refractivity contribution in [3.8, 4) is 5.69 Å². The highest BCUT2D eigenvalue weighted by molar-refractivity contribution is 5.91. The van der Waals surface area contributed by atoms with E-state index in [1.165, 1.54) is 11.0 Å². The fourth-order valence-corrected chi connectivity index (χ4v) is 1.63. The third-order valence-corrected chi connectivity index (χ3v) is 2.44. The van der Waals surface area contributed by atoms with Crippen molar-refractivity contribution in [2.75, 3.05) is 6.61 Å². The molecule has 0 radical (unpaired) electrons. The number of tetrazole rings is 1. The van der Waals surface area contributed by atoms with Crippen LogP contribution in [0, 0.1) is 0 Å². The largest absolute Gasteiger partial charge is 0.457 e. The van der Waals surface area contributed by atoms with Gasteiger partial charge in [0, 0.05) is 0 Å². The van der Waals surface area contributed by atoms with Gasteiger partial charge in [-0.1, -0.05) is 6.07 Å². The molecule has 1 aromatic heterocycles. The molecule has 2 aromatic rings. The Bertz CT molecular complexity index is 662. The molecule has 0 aliphatic rings. The van der Waals surface area contributed by atoms with Crippen LogP contribution in [0.15, 0.2) is 30.6 Å². The quantitative estimate of drug-likeness (QED) is 0.782. The average Bonchev–Trinajstić information content (AvgIpc) is 2.97. The number of rotatable bonds is 4. The van der Waals surface area contributed by atoms with Gasteiger partial charge in [-0.05, 0) is 49.4 Å². The van der Waals surface area contributed by atoms with Crippen molar-refractivity contribution in [1.29, 1.82) is 0 Å². The van der Waals surface area contributed by atoms with Gasteiger partial charge in [0.25, 0.3) is 0 Å². The highest BCUT2D eigenvalue weighted by Gasteiger charge is 2.18. The molecule has 0 aliphatic carbocycles. The molecular weight excluding hydrogens is 288 g/mol. The fourth-order valence-electron chi connectivity index (χ4n) is 1.63. The summed E-state index contributed by atoms with van der Waals surface area (Å²) in [7, 11) is 0. The maximum atomic E-state index is 11.9. The fraction of sp³-hybridized carbons (Fsp3) is 0.357. The summed E-state index contributed by atoms with van der Waals surface area (Å²) in [6, 6.07) is 6.54. The van der Waals surface area contributed by atoms with Crippen LogP contribution < -0.4 is 0 Å². The Kier molecular flexibility index (Phi) is 4.50. The lowest BCUT2D eigenvalue weighted by Gasteiger charge is -2.19. The maximum Gasteiger partial charge on any atom is 0.344 e. The SMILES string of the molecule is CC(C)(C)OC(=O)COC(=O)c1cccc(-n2cnnn2)c1. The highest BCUT2D eigenvalue weighted by atomic mass is 16.6. The summed E-state index contributed by atoms with van der Waals surface area (Å²) in [5.74, 6) is -1.22. The number of esters is 2. The molecule has 8 heteroatoms. The van der Waals surface area contributed by atoms with E-state index in [9.17, 15) is 9.59 Å². The molecule has 0 unspecified atom stereocenters. The summed E-state index contributed by atoms with van der Waals surface area (Å²) in [4.78, 5) is 23.5. The molecule has 0 spiro atoms. The number of nitrogens with zero attached hydrogens (tertiary/aromatic N) is 4. The minimum absolute atomic E-state index is 0.288. The smallest absolute Gasteiger partial charge is 0.344 e. The minimum Gasteiger partial charge on any atom is -0.457 e. The molecule has 116 valence electrons. The van der Waals surface area contributed by atoms with Crippen LogP contribution in [-0.4, -0.2) is 44.4 Å². The maximum absolute atomic E-state index is 11.9. The lowest BCUT2D eigenvalue weighted by atomic mass is 10.2. The van der Waals surface area contributed by atoms with E-state index < -0.39 is 24.1 Å². The zero-order valence-corrected chi connectivity index (χ0v) is 12.5. The van der Waals surface area contributed by atoms with Crippen molar-refractivity contribution >= 4 is 11.9 Å². The predicted molar refractivity (Wildman–Crippen MR) is 75.3 cm³/mol. The number of ether oxygens (including phenoxy) is 2. The van der Waals surface area contributed by atoms with Gasteiger partial charge >= 0.3 is 11.9 Å². The molecule has 0 saturated carbocycles. The van der Waals surface area contributed by atoms with Crippen molar-refractivity contribution in [3.63, 3.8) is 0 Å². The van der Waals surface area contributed by atoms with Gasteiger partial charge in [0.15, 0.2) is 6.61 Å². The summed E-state index contributed by atoms with van der Waals surface area (Å²) in [6.07, 6.45) is 1.41. The molecule has 22 heavy (non-hydrogen) atoms. The Morgan fingerprint density at radius 2 is 2.05 bits per heavy atom. The van der Waals surface area contributed by atoms with Gasteiger partial charge in [-0.2, -0.15) is 0 Å². The van der Waals surface area contributed by atoms with Gasteiger partial charge in [-0.3, -0.25) is 0 Å². The van der Waals surface area contributed by atoms with Crippen molar-refractivity contribution in [1.82, 2.24) is 20.2 Å². The van der Waals surface area contributed by atoms with E-state index in [2.05, 4.69) is 15.5 Å². The van der Waals surface area contributed by atoms with Crippen LogP contribution in [0.5, 0.6) is 0 Å². The normalized spacial score (nSPS) is 11.0. The Morgan fingerprint density at radius 1 is 1.27 bits per heavy atom. The number of carbonyl (C=O) groups excluding carboxylic acids is 2. The van der Waals surface area contributed by atoms with Crippen LogP contribution in [0.25, 0.3) is 5.69 Å². The zero-order chi connectivity index (χ0) is 16.2. The van der Waals surface area contributed by atoms with E-state index in [-0.39, 0.29) is 5.56 Å². The highest BCUT2D eigenvalue weighted by Crippen LogP contribution is 2.11. The first-order valence-electron chi connectivity index (χ1n) is 6.57. The molecule has 0 N–H and O–H groups in total. The van der Waals surface area contributed by atoms with E-state index in [1.54, 1.807) is 45.0 Å². The zero-order valence-electron chi connectivity index (χ0n) is 12.5. The van der Waals surface area contributed by atoms with Crippen molar-refractivity contribution < 1.29 is 19.1 Å². The van der Waals surface area contributed by atoms with E-state index >= 15 is 0 Å². The van der Waals surface area contributed by atoms with E-state index in [0.717, 1.165) is 0 Å². The first-order chi connectivity index (χ1) is 10.3. The standard InChI is InChI=1S/C14H16N4O4/c1-14(2,3)22-12(19)8-21-13(20)10-5-4-6-11(7-10)18-9-15-16-17-18/h4-7,9H,8H2,1-3H3. The van der Waals surface area contributed by atoms with Crippen LogP contribution >= 0.6 is 0 Å². The number of carbonyl (C=O) groups is 2. The first-order valence-corrected chi connectivity index (χ1v) is 6.57. The molecule has 0 bridgehead atoms. The molecule has 0 aliphatic heterocycles. The van der Waals surface area contributed by atoms with Gasteiger partial charge in [0.1, 0.15) is 11.9 Å². The molecule has 0 fully saturated rings. The Labute approximate surface area is 127 Å². The van der Waals surface area contributed by atoms with E-state index in [1.807, 2.05) is 0 Å². The Balaban J connectivity index is 1.99. The van der Waals surface area contributed by atoms with E-state index in [4.69, 9.17) is 9.47 Å². The van der Waals surface area contributed by atoms with Gasteiger partial charge < -0.3 is 9.47 Å². The van der Waals surface area contributed by atoms with Gasteiger partial charge in [0.2, 0.25) is 0 Å². The van der Waals surface area contributed by atoms with Gasteiger partial charge in [-0.25, -0.2) is 14.3 Å². The predicted octanol–water partition coefficient (Wildman–Crippen LogP) is 1.16. The third-order valence-electron chi connectivity index (χ3n) is 2.44. The van der Waals surface area contributed by atoms with Crippen LogP contribution in [0.1, 0.15) is 31.1 Å². The van der Waals surface area contributed by atoms with Crippen LogP contribution in [0.3, 0.4) is 0 Å². The van der Waals surface area contributed by atoms with Crippen LogP contribution in [-0.2, 0) is 14.3 Å². The minimum atomic E-state index is -0.624. The number of benzene rings is 1. The second kappa shape index (κ2) is 6.33. The molecule has 2 rings (SSSR count). The van der Waals surface area contributed by atoms with Crippen molar-refractivity contribution in [3.05, 3.63) is 36.2 Å². The molecule has 8 nitrogen and oxygen atoms in total. The summed E-state index contributed by atoms with van der Waals surface area (Å²) in [5.41, 5.74) is 0.275. The monoisotopic (exact) mass is 304 g/mol. The van der Waals surface area contributed by atoms with Crippen molar-refractivity contribution in [2.45, 2.75) is 26.4 Å². The molecule has 1 heterocycles. The molecule has 1 aromatic carbocycles. The molecule has 0 saturated heterocycles.